The summed E-state index contributed by atoms with van der Waals surface area (Å²) in [5, 5.41) is 0. The van der Waals surface area contributed by atoms with Crippen LogP contribution in [0.1, 0.15) is 11.1 Å². The zero-order valence-corrected chi connectivity index (χ0v) is 14.3. The molecule has 1 aliphatic heterocycles. The largest absolute Gasteiger partial charge is 0.454 e. The van der Waals surface area contributed by atoms with Crippen LogP contribution in [0.15, 0.2) is 71.6 Å². The molecule has 0 atom stereocenters. The predicted octanol–water partition coefficient (Wildman–Crippen LogP) is 5.40. The lowest BCUT2D eigenvalue weighted by Crippen LogP contribution is -1.93. The summed E-state index contributed by atoms with van der Waals surface area (Å²) in [5.41, 5.74) is 4.95. The first-order chi connectivity index (χ1) is 11.8. The highest BCUT2D eigenvalue weighted by Crippen LogP contribution is 2.39. The Morgan fingerprint density at radius 3 is 2.29 bits per heavy atom. The third kappa shape index (κ3) is 3.00. The van der Waals surface area contributed by atoms with Crippen LogP contribution in [-0.2, 0) is 6.42 Å². The van der Waals surface area contributed by atoms with Gasteiger partial charge in [0.15, 0.2) is 11.5 Å². The van der Waals surface area contributed by atoms with E-state index in [1.165, 1.54) is 27.1 Å². The molecule has 3 aromatic carbocycles. The van der Waals surface area contributed by atoms with Crippen molar-refractivity contribution in [3.63, 3.8) is 0 Å². The monoisotopic (exact) mass is 334 g/mol. The number of hydrogen-bond acceptors (Lipinski definition) is 3. The maximum Gasteiger partial charge on any atom is 0.231 e. The summed E-state index contributed by atoms with van der Waals surface area (Å²) in [6, 6.07) is 23.4. The Balaban J connectivity index is 1.78. The molecule has 0 unspecified atom stereocenters. The third-order valence-corrected chi connectivity index (χ3v) is 4.98. The SMILES string of the molecule is CSc1ccc(-c2cc3c(cc2Cc2ccccc2)OCO3)cc1. The molecule has 0 N–H and O–H groups in total. The van der Waals surface area contributed by atoms with Crippen LogP contribution in [0, 0.1) is 0 Å². The highest BCUT2D eigenvalue weighted by molar-refractivity contribution is 7.98. The van der Waals surface area contributed by atoms with E-state index in [0.717, 1.165) is 17.9 Å². The molecule has 0 aromatic heterocycles. The predicted molar refractivity (Wildman–Crippen MR) is 99.0 cm³/mol. The van der Waals surface area contributed by atoms with Crippen molar-refractivity contribution in [3.05, 3.63) is 77.9 Å². The average molecular weight is 334 g/mol. The third-order valence-electron chi connectivity index (χ3n) is 4.24. The van der Waals surface area contributed by atoms with Gasteiger partial charge >= 0.3 is 0 Å². The Kier molecular flexibility index (Phi) is 4.18. The van der Waals surface area contributed by atoms with Crippen LogP contribution in [0.2, 0.25) is 0 Å². The molecule has 3 aromatic rings. The minimum atomic E-state index is 0.301. The molecule has 2 nitrogen and oxygen atoms in total. The van der Waals surface area contributed by atoms with Crippen molar-refractivity contribution in [2.45, 2.75) is 11.3 Å². The summed E-state index contributed by atoms with van der Waals surface area (Å²) >= 11 is 1.75. The van der Waals surface area contributed by atoms with Crippen molar-refractivity contribution < 1.29 is 9.47 Å². The molecule has 0 radical (unpaired) electrons. The van der Waals surface area contributed by atoms with Crippen molar-refractivity contribution in [2.24, 2.45) is 0 Å². The number of thioether (sulfide) groups is 1. The van der Waals surface area contributed by atoms with Gasteiger partial charge in [0.2, 0.25) is 6.79 Å². The van der Waals surface area contributed by atoms with Crippen LogP contribution >= 0.6 is 11.8 Å². The molecule has 4 rings (SSSR count). The summed E-state index contributed by atoms with van der Waals surface area (Å²) in [7, 11) is 0. The van der Waals surface area contributed by atoms with Crippen molar-refractivity contribution >= 4 is 11.8 Å². The van der Waals surface area contributed by atoms with Gasteiger partial charge in [-0.15, -0.1) is 11.8 Å². The molecular weight excluding hydrogens is 316 g/mol. The van der Waals surface area contributed by atoms with E-state index < -0.39 is 0 Å². The van der Waals surface area contributed by atoms with Gasteiger partial charge in [-0.25, -0.2) is 0 Å². The Morgan fingerprint density at radius 2 is 1.58 bits per heavy atom. The van der Waals surface area contributed by atoms with Gasteiger partial charge in [-0.2, -0.15) is 0 Å². The average Bonchev–Trinajstić information content (AvgIpc) is 3.09. The highest BCUT2D eigenvalue weighted by atomic mass is 32.2. The van der Waals surface area contributed by atoms with Gasteiger partial charge in [-0.05, 0) is 59.2 Å². The molecule has 0 amide bonds. The minimum absolute atomic E-state index is 0.301. The number of rotatable bonds is 4. The molecule has 0 bridgehead atoms. The summed E-state index contributed by atoms with van der Waals surface area (Å²) < 4.78 is 11.2. The molecule has 0 fully saturated rings. The van der Waals surface area contributed by atoms with Crippen LogP contribution in [0.25, 0.3) is 11.1 Å². The maximum atomic E-state index is 5.58. The van der Waals surface area contributed by atoms with Gasteiger partial charge in [0.1, 0.15) is 0 Å². The Bertz CT molecular complexity index is 842. The highest BCUT2D eigenvalue weighted by Gasteiger charge is 2.18. The molecule has 3 heteroatoms. The molecule has 0 saturated heterocycles. The topological polar surface area (TPSA) is 18.5 Å². The van der Waals surface area contributed by atoms with Gasteiger partial charge in [0.25, 0.3) is 0 Å². The molecule has 1 aliphatic rings. The molecular formula is C21H18O2S. The van der Waals surface area contributed by atoms with Crippen LogP contribution in [0.4, 0.5) is 0 Å². The Morgan fingerprint density at radius 1 is 0.875 bits per heavy atom. The summed E-state index contributed by atoms with van der Waals surface area (Å²) in [4.78, 5) is 1.27. The zero-order valence-electron chi connectivity index (χ0n) is 13.5. The summed E-state index contributed by atoms with van der Waals surface area (Å²) in [5.74, 6) is 1.67. The Labute approximate surface area is 146 Å². The lowest BCUT2D eigenvalue weighted by Gasteiger charge is -2.12. The quantitative estimate of drug-likeness (QED) is 0.596. The second-order valence-electron chi connectivity index (χ2n) is 5.75. The summed E-state index contributed by atoms with van der Waals surface area (Å²) in [6.45, 7) is 0.301. The second-order valence-corrected chi connectivity index (χ2v) is 6.63. The van der Waals surface area contributed by atoms with Crippen molar-refractivity contribution in [1.82, 2.24) is 0 Å². The fourth-order valence-corrected chi connectivity index (χ4v) is 3.39. The summed E-state index contributed by atoms with van der Waals surface area (Å²) in [6.07, 6.45) is 2.97. The molecule has 24 heavy (non-hydrogen) atoms. The van der Waals surface area contributed by atoms with E-state index in [0.29, 0.717) is 6.79 Å². The number of fused-ring (bicyclic) bond motifs is 1. The molecule has 0 spiro atoms. The van der Waals surface area contributed by atoms with Crippen LogP contribution in [0.3, 0.4) is 0 Å². The van der Waals surface area contributed by atoms with Gasteiger partial charge < -0.3 is 9.47 Å². The zero-order chi connectivity index (χ0) is 16.4. The first-order valence-electron chi connectivity index (χ1n) is 7.94. The Hall–Kier alpha value is -2.39. The maximum absolute atomic E-state index is 5.58. The van der Waals surface area contributed by atoms with Crippen molar-refractivity contribution in [3.8, 4) is 22.6 Å². The molecule has 120 valence electrons. The van der Waals surface area contributed by atoms with Gasteiger partial charge in [-0.3, -0.25) is 0 Å². The molecule has 1 heterocycles. The van der Waals surface area contributed by atoms with E-state index in [4.69, 9.17) is 9.47 Å². The minimum Gasteiger partial charge on any atom is -0.454 e. The van der Waals surface area contributed by atoms with E-state index in [2.05, 4.69) is 66.9 Å². The van der Waals surface area contributed by atoms with Crippen LogP contribution in [-0.4, -0.2) is 13.0 Å². The number of benzene rings is 3. The van der Waals surface area contributed by atoms with Crippen LogP contribution in [0.5, 0.6) is 11.5 Å². The van der Waals surface area contributed by atoms with E-state index in [1.807, 2.05) is 6.07 Å². The number of hydrogen-bond donors (Lipinski definition) is 0. The lowest BCUT2D eigenvalue weighted by molar-refractivity contribution is 0.174. The first-order valence-corrected chi connectivity index (χ1v) is 9.17. The van der Waals surface area contributed by atoms with Gasteiger partial charge in [-0.1, -0.05) is 42.5 Å². The van der Waals surface area contributed by atoms with E-state index in [1.54, 1.807) is 11.8 Å². The molecule has 0 saturated carbocycles. The van der Waals surface area contributed by atoms with Gasteiger partial charge in [0, 0.05) is 4.90 Å². The smallest absolute Gasteiger partial charge is 0.231 e. The fourth-order valence-electron chi connectivity index (χ4n) is 2.99. The fraction of sp³-hybridized carbons (Fsp3) is 0.143. The normalized spacial score (nSPS) is 12.4. The van der Waals surface area contributed by atoms with Gasteiger partial charge in [0.05, 0.1) is 0 Å². The van der Waals surface area contributed by atoms with Crippen LogP contribution < -0.4 is 9.47 Å². The first kappa shape index (κ1) is 15.2. The van der Waals surface area contributed by atoms with Crippen molar-refractivity contribution in [2.75, 3.05) is 13.0 Å². The molecule has 0 aliphatic carbocycles. The van der Waals surface area contributed by atoms with E-state index in [9.17, 15) is 0 Å². The lowest BCUT2D eigenvalue weighted by atomic mass is 9.94. The van der Waals surface area contributed by atoms with E-state index >= 15 is 0 Å². The number of ether oxygens (including phenoxy) is 2. The van der Waals surface area contributed by atoms with Crippen molar-refractivity contribution in [1.29, 1.82) is 0 Å². The standard InChI is InChI=1S/C21H18O2S/c1-24-18-9-7-16(8-10-18)19-13-21-20(22-14-23-21)12-17(19)11-15-5-3-2-4-6-15/h2-10,12-13H,11,14H2,1H3. The second kappa shape index (κ2) is 6.62. The van der Waals surface area contributed by atoms with E-state index in [-0.39, 0.29) is 0 Å².